The summed E-state index contributed by atoms with van der Waals surface area (Å²) in [6.07, 6.45) is 5.36. The van der Waals surface area contributed by atoms with Crippen LogP contribution in [0.25, 0.3) is 0 Å². The number of nitrogens with one attached hydrogen (secondary N) is 2. The van der Waals surface area contributed by atoms with Gasteiger partial charge in [-0.05, 0) is 43.5 Å². The van der Waals surface area contributed by atoms with Crippen LogP contribution < -0.4 is 10.6 Å². The van der Waals surface area contributed by atoms with Crippen molar-refractivity contribution in [3.63, 3.8) is 0 Å². The number of fused-ring (bicyclic) bond motifs is 2. The van der Waals surface area contributed by atoms with E-state index in [9.17, 15) is 4.79 Å². The number of hydrogen-bond acceptors (Lipinski definition) is 5. The quantitative estimate of drug-likeness (QED) is 0.904. The van der Waals surface area contributed by atoms with Gasteiger partial charge in [-0.2, -0.15) is 0 Å². The summed E-state index contributed by atoms with van der Waals surface area (Å²) in [5.74, 6) is 0.0358. The Labute approximate surface area is 137 Å². The van der Waals surface area contributed by atoms with E-state index >= 15 is 0 Å². The van der Waals surface area contributed by atoms with Crippen LogP contribution in [0.5, 0.6) is 0 Å². The van der Waals surface area contributed by atoms with E-state index in [1.165, 1.54) is 12.8 Å². The number of carbonyl (C=O) groups excluding carboxylic acids is 1. The zero-order valence-corrected chi connectivity index (χ0v) is 13.6. The minimum Gasteiger partial charge on any atom is -0.348 e. The highest BCUT2D eigenvalue weighted by atomic mass is 32.2. The lowest BCUT2D eigenvalue weighted by Gasteiger charge is -2.21. The second kappa shape index (κ2) is 6.02. The first-order chi connectivity index (χ1) is 10.8. The van der Waals surface area contributed by atoms with Gasteiger partial charge < -0.3 is 10.6 Å². The van der Waals surface area contributed by atoms with E-state index in [-0.39, 0.29) is 11.9 Å². The third-order valence-electron chi connectivity index (χ3n) is 4.36. The fourth-order valence-electron chi connectivity index (χ4n) is 3.28. The first kappa shape index (κ1) is 14.2. The van der Waals surface area contributed by atoms with Gasteiger partial charge >= 0.3 is 0 Å². The Kier molecular flexibility index (Phi) is 3.90. The zero-order valence-electron chi connectivity index (χ0n) is 12.0. The van der Waals surface area contributed by atoms with E-state index in [2.05, 4.69) is 15.6 Å². The maximum Gasteiger partial charge on any atom is 0.251 e. The summed E-state index contributed by atoms with van der Waals surface area (Å²) < 4.78 is 1.16. The molecule has 0 aliphatic carbocycles. The van der Waals surface area contributed by atoms with Crippen molar-refractivity contribution in [3.05, 3.63) is 41.5 Å². The normalized spacial score (nSPS) is 26.3. The van der Waals surface area contributed by atoms with E-state index in [1.807, 2.05) is 36.0 Å². The van der Waals surface area contributed by atoms with Crippen LogP contribution in [0, 0.1) is 0 Å². The van der Waals surface area contributed by atoms with Crippen LogP contribution in [-0.2, 0) is 0 Å². The summed E-state index contributed by atoms with van der Waals surface area (Å²) in [7, 11) is 0. The Balaban J connectivity index is 1.38. The second-order valence-corrected chi connectivity index (χ2v) is 8.07. The van der Waals surface area contributed by atoms with E-state index in [4.69, 9.17) is 0 Å². The third kappa shape index (κ3) is 2.91. The van der Waals surface area contributed by atoms with Gasteiger partial charge in [-0.15, -0.1) is 11.3 Å². The molecule has 0 spiro atoms. The Morgan fingerprint density at radius 2 is 2.18 bits per heavy atom. The Morgan fingerprint density at radius 3 is 2.82 bits per heavy atom. The van der Waals surface area contributed by atoms with Crippen molar-refractivity contribution >= 4 is 29.0 Å². The lowest BCUT2D eigenvalue weighted by molar-refractivity contribution is 0.0931. The molecule has 3 heterocycles. The first-order valence-electron chi connectivity index (χ1n) is 7.51. The Morgan fingerprint density at radius 1 is 1.32 bits per heavy atom. The lowest BCUT2D eigenvalue weighted by Crippen LogP contribution is -2.42. The van der Waals surface area contributed by atoms with Gasteiger partial charge in [0, 0.05) is 28.6 Å². The first-order valence-corrected chi connectivity index (χ1v) is 9.21. The maximum absolute atomic E-state index is 12.4. The number of thiazole rings is 1. The molecular weight excluding hydrogens is 314 g/mol. The van der Waals surface area contributed by atoms with Crippen LogP contribution in [0.1, 0.15) is 29.6 Å². The molecule has 1 aromatic carbocycles. The minimum atomic E-state index is 0.0358. The van der Waals surface area contributed by atoms with Gasteiger partial charge in [0.1, 0.15) is 0 Å². The molecule has 1 amide bonds. The summed E-state index contributed by atoms with van der Waals surface area (Å²) >= 11 is 3.29. The van der Waals surface area contributed by atoms with Gasteiger partial charge in [-0.1, -0.05) is 11.8 Å². The summed E-state index contributed by atoms with van der Waals surface area (Å²) in [4.78, 5) is 17.5. The molecular formula is C16H17N3OS2. The van der Waals surface area contributed by atoms with Crippen LogP contribution in [0.2, 0.25) is 0 Å². The van der Waals surface area contributed by atoms with E-state index in [0.717, 1.165) is 21.1 Å². The molecule has 2 N–H and O–H groups in total. The molecule has 114 valence electrons. The molecule has 1 aromatic heterocycles. The molecule has 3 unspecified atom stereocenters. The van der Waals surface area contributed by atoms with Crippen molar-refractivity contribution in [2.75, 3.05) is 0 Å². The molecule has 4 rings (SSSR count). The fourth-order valence-corrected chi connectivity index (χ4v) is 4.86. The Hall–Kier alpha value is -1.37. The van der Waals surface area contributed by atoms with Crippen molar-refractivity contribution in [2.45, 2.75) is 46.5 Å². The molecule has 3 atom stereocenters. The van der Waals surface area contributed by atoms with Crippen molar-refractivity contribution in [3.8, 4) is 0 Å². The van der Waals surface area contributed by atoms with Gasteiger partial charge in [-0.3, -0.25) is 9.78 Å². The molecule has 2 aliphatic heterocycles. The van der Waals surface area contributed by atoms with Crippen LogP contribution in [0.4, 0.5) is 0 Å². The molecule has 22 heavy (non-hydrogen) atoms. The molecule has 0 saturated carbocycles. The van der Waals surface area contributed by atoms with E-state index in [1.54, 1.807) is 23.1 Å². The van der Waals surface area contributed by atoms with Crippen molar-refractivity contribution < 1.29 is 4.79 Å². The lowest BCUT2D eigenvalue weighted by atomic mass is 9.95. The topological polar surface area (TPSA) is 54.0 Å². The highest BCUT2D eigenvalue weighted by molar-refractivity contribution is 8.01. The molecule has 2 fully saturated rings. The maximum atomic E-state index is 12.4. The molecule has 2 bridgehead atoms. The summed E-state index contributed by atoms with van der Waals surface area (Å²) in [6.45, 7) is 0. The number of nitrogens with zero attached hydrogens (tertiary/aromatic N) is 1. The van der Waals surface area contributed by atoms with Crippen LogP contribution in [0.15, 0.2) is 45.1 Å². The molecule has 4 nitrogen and oxygen atoms in total. The molecule has 0 radical (unpaired) electrons. The standard InChI is InChI=1S/C16H17N3OS2/c20-16(19-14-7-11-3-6-13(14)18-11)10-1-4-12(5-2-10)22-15-8-17-9-21-15/h1-2,4-5,8-9,11,13-14,18H,3,6-7H2,(H,19,20). The van der Waals surface area contributed by atoms with Gasteiger partial charge in [0.15, 0.2) is 0 Å². The van der Waals surface area contributed by atoms with Gasteiger partial charge in [-0.25, -0.2) is 0 Å². The SMILES string of the molecule is O=C(NC1CC2CCC1N2)c1ccc(Sc2cncs2)cc1. The van der Waals surface area contributed by atoms with Gasteiger partial charge in [0.05, 0.1) is 15.9 Å². The van der Waals surface area contributed by atoms with Crippen molar-refractivity contribution in [1.29, 1.82) is 0 Å². The van der Waals surface area contributed by atoms with E-state index in [0.29, 0.717) is 12.1 Å². The number of carbonyl (C=O) groups is 1. The number of benzene rings is 1. The average molecular weight is 331 g/mol. The Bertz CT molecular complexity index is 657. The van der Waals surface area contributed by atoms with Crippen LogP contribution >= 0.6 is 23.1 Å². The molecule has 6 heteroatoms. The minimum absolute atomic E-state index is 0.0358. The zero-order chi connectivity index (χ0) is 14.9. The molecule has 2 aromatic rings. The number of amides is 1. The van der Waals surface area contributed by atoms with Gasteiger partial charge in [0.2, 0.25) is 0 Å². The van der Waals surface area contributed by atoms with E-state index < -0.39 is 0 Å². The summed E-state index contributed by atoms with van der Waals surface area (Å²) in [6, 6.07) is 9.16. The largest absolute Gasteiger partial charge is 0.348 e. The monoisotopic (exact) mass is 331 g/mol. The smallest absolute Gasteiger partial charge is 0.251 e. The predicted molar refractivity (Wildman–Crippen MR) is 88.5 cm³/mol. The fraction of sp³-hybridized carbons (Fsp3) is 0.375. The van der Waals surface area contributed by atoms with Crippen LogP contribution in [0.3, 0.4) is 0 Å². The summed E-state index contributed by atoms with van der Waals surface area (Å²) in [5, 5.41) is 6.72. The average Bonchev–Trinajstić information content (AvgIpc) is 3.25. The van der Waals surface area contributed by atoms with Crippen LogP contribution in [-0.4, -0.2) is 29.0 Å². The number of aromatic nitrogens is 1. The van der Waals surface area contributed by atoms with Crippen molar-refractivity contribution in [2.24, 2.45) is 0 Å². The van der Waals surface area contributed by atoms with Gasteiger partial charge in [0.25, 0.3) is 5.91 Å². The summed E-state index contributed by atoms with van der Waals surface area (Å²) in [5.41, 5.74) is 2.56. The molecule has 2 saturated heterocycles. The second-order valence-electron chi connectivity index (χ2n) is 5.81. The molecule has 2 aliphatic rings. The number of hydrogen-bond donors (Lipinski definition) is 2. The predicted octanol–water partition coefficient (Wildman–Crippen LogP) is 2.92. The highest BCUT2D eigenvalue weighted by Gasteiger charge is 2.39. The van der Waals surface area contributed by atoms with Crippen molar-refractivity contribution in [1.82, 2.24) is 15.6 Å². The third-order valence-corrected chi connectivity index (χ3v) is 6.28. The number of rotatable bonds is 4. The highest BCUT2D eigenvalue weighted by Crippen LogP contribution is 2.31.